The molecule has 0 fully saturated rings. The van der Waals surface area contributed by atoms with Gasteiger partial charge in [-0.15, -0.1) is 5.69 Å². The molecule has 2 rings (SSSR count). The molecule has 0 saturated carbocycles. The van der Waals surface area contributed by atoms with E-state index in [1.807, 2.05) is 12.3 Å². The van der Waals surface area contributed by atoms with Crippen LogP contribution in [0.3, 0.4) is 0 Å². The molecule has 0 bridgehead atoms. The van der Waals surface area contributed by atoms with Gasteiger partial charge in [0.2, 0.25) is 0 Å². The summed E-state index contributed by atoms with van der Waals surface area (Å²) >= 11 is 0. The van der Waals surface area contributed by atoms with E-state index in [0.29, 0.717) is 0 Å². The normalized spacial score (nSPS) is 13.0. The second-order valence-corrected chi connectivity index (χ2v) is 5.03. The molecular formula is C16H29N4Ti. The average Bonchev–Trinajstić information content (AvgIpc) is 3.04. The SMILES string of the molecule is CN(Cc1ccc[n-]1)CC1CC=CC1.C[N-]C.C[N-]C.[Ti+3]. The maximum absolute atomic E-state index is 4.27. The van der Waals surface area contributed by atoms with Crippen LogP contribution in [0.5, 0.6) is 0 Å². The van der Waals surface area contributed by atoms with E-state index in [1.54, 1.807) is 28.2 Å². The molecule has 0 aromatic carbocycles. The number of hydrogen-bond acceptors (Lipinski definition) is 1. The predicted molar refractivity (Wildman–Crippen MR) is 88.4 cm³/mol. The molecule has 1 heterocycles. The summed E-state index contributed by atoms with van der Waals surface area (Å²) in [5, 5.41) is 7.00. The molecule has 117 valence electrons. The molecule has 0 unspecified atom stereocenters. The van der Waals surface area contributed by atoms with Crippen LogP contribution in [0.1, 0.15) is 18.5 Å². The minimum atomic E-state index is 0. The van der Waals surface area contributed by atoms with Crippen LogP contribution < -0.4 is 4.98 Å². The molecular weight excluding hydrogens is 296 g/mol. The van der Waals surface area contributed by atoms with Crippen LogP contribution in [0.25, 0.3) is 10.6 Å². The minimum absolute atomic E-state index is 0. The van der Waals surface area contributed by atoms with Gasteiger partial charge in [-0.2, -0.15) is 34.4 Å². The zero-order valence-electron chi connectivity index (χ0n) is 14.1. The number of hydrogen-bond donors (Lipinski definition) is 0. The minimum Gasteiger partial charge on any atom is -0.668 e. The quantitative estimate of drug-likeness (QED) is 0.630. The van der Waals surface area contributed by atoms with Gasteiger partial charge in [0.1, 0.15) is 0 Å². The van der Waals surface area contributed by atoms with Crippen LogP contribution in [0, 0.1) is 5.92 Å². The third-order valence-corrected chi connectivity index (χ3v) is 2.72. The van der Waals surface area contributed by atoms with Crippen molar-refractivity contribution < 1.29 is 21.7 Å². The molecule has 0 aliphatic heterocycles. The molecule has 0 amide bonds. The van der Waals surface area contributed by atoms with Gasteiger partial charge in [-0.05, 0) is 25.8 Å². The number of aromatic nitrogens is 1. The standard InChI is InChI=1S/C12H17N2.2C2H6N.Ti/c1-14(9-11-5-2-3-6-11)10-12-7-4-8-13-12;2*1-3-2;/h2-4,7-8,11H,5-6,9-10H2,1H3;2*1-2H3;/q3*-1;+3. The summed E-state index contributed by atoms with van der Waals surface area (Å²) in [7, 11) is 9.17. The van der Waals surface area contributed by atoms with Crippen molar-refractivity contribution in [1.82, 2.24) is 9.88 Å². The Morgan fingerprint density at radius 3 is 2.10 bits per heavy atom. The maximum atomic E-state index is 4.27. The summed E-state index contributed by atoms with van der Waals surface area (Å²) in [5.41, 5.74) is 1.18. The van der Waals surface area contributed by atoms with Gasteiger partial charge in [-0.1, -0.05) is 24.3 Å². The molecule has 0 N–H and O–H groups in total. The smallest absolute Gasteiger partial charge is 0.668 e. The van der Waals surface area contributed by atoms with Crippen LogP contribution >= 0.6 is 0 Å². The van der Waals surface area contributed by atoms with Gasteiger partial charge < -0.3 is 20.5 Å². The Morgan fingerprint density at radius 2 is 1.67 bits per heavy atom. The van der Waals surface area contributed by atoms with Crippen LogP contribution in [-0.4, -0.2) is 46.7 Å². The second-order valence-electron chi connectivity index (χ2n) is 5.03. The fourth-order valence-electron chi connectivity index (χ4n) is 2.03. The molecule has 1 aliphatic rings. The van der Waals surface area contributed by atoms with Gasteiger partial charge in [-0.3, -0.25) is 0 Å². The fourth-order valence-corrected chi connectivity index (χ4v) is 2.03. The maximum Gasteiger partial charge on any atom is 3.00 e. The van der Waals surface area contributed by atoms with Gasteiger partial charge in [0, 0.05) is 13.1 Å². The van der Waals surface area contributed by atoms with Gasteiger partial charge in [0.25, 0.3) is 0 Å². The first-order chi connectivity index (χ1) is 9.67. The summed E-state index contributed by atoms with van der Waals surface area (Å²) in [6.45, 7) is 2.16. The van der Waals surface area contributed by atoms with Crippen molar-refractivity contribution >= 4 is 0 Å². The largest absolute Gasteiger partial charge is 3.00 e. The van der Waals surface area contributed by atoms with Crippen molar-refractivity contribution in [1.29, 1.82) is 0 Å². The second kappa shape index (κ2) is 16.0. The Kier molecular flexibility index (Phi) is 17.4. The number of nitrogens with zero attached hydrogens (tertiary/aromatic N) is 4. The zero-order valence-corrected chi connectivity index (χ0v) is 15.6. The van der Waals surface area contributed by atoms with Crippen LogP contribution in [0.2, 0.25) is 0 Å². The topological polar surface area (TPSA) is 45.5 Å². The number of allylic oxidation sites excluding steroid dienone is 2. The summed E-state index contributed by atoms with van der Waals surface area (Å²) in [5.74, 6) is 0.829. The van der Waals surface area contributed by atoms with Gasteiger partial charge in [0.15, 0.2) is 0 Å². The van der Waals surface area contributed by atoms with Crippen molar-refractivity contribution in [3.63, 3.8) is 0 Å². The Balaban J connectivity index is 0. The van der Waals surface area contributed by atoms with Crippen LogP contribution in [-0.2, 0) is 28.3 Å². The molecule has 0 spiro atoms. The molecule has 0 saturated heterocycles. The first kappa shape index (κ1) is 22.9. The Bertz CT molecular complexity index is 315. The summed E-state index contributed by atoms with van der Waals surface area (Å²) in [6, 6.07) is 4.09. The van der Waals surface area contributed by atoms with E-state index in [2.05, 4.69) is 45.8 Å². The third kappa shape index (κ3) is 13.0. The van der Waals surface area contributed by atoms with E-state index < -0.39 is 0 Å². The predicted octanol–water partition coefficient (Wildman–Crippen LogP) is 3.28. The van der Waals surface area contributed by atoms with Gasteiger partial charge in [0.05, 0.1) is 0 Å². The number of rotatable bonds is 4. The Hall–Kier alpha value is -0.386. The van der Waals surface area contributed by atoms with Crippen molar-refractivity contribution in [2.24, 2.45) is 5.92 Å². The Labute approximate surface area is 145 Å². The van der Waals surface area contributed by atoms with E-state index in [1.165, 1.54) is 25.1 Å². The van der Waals surface area contributed by atoms with E-state index in [0.717, 1.165) is 12.5 Å². The molecule has 1 aliphatic carbocycles. The average molecular weight is 325 g/mol. The summed E-state index contributed by atoms with van der Waals surface area (Å²) < 4.78 is 0. The first-order valence-corrected chi connectivity index (χ1v) is 7.03. The van der Waals surface area contributed by atoms with Crippen LogP contribution in [0.4, 0.5) is 0 Å². The molecule has 4 nitrogen and oxygen atoms in total. The monoisotopic (exact) mass is 325 g/mol. The van der Waals surface area contributed by atoms with E-state index in [9.17, 15) is 0 Å². The van der Waals surface area contributed by atoms with Crippen molar-refractivity contribution in [2.75, 3.05) is 41.8 Å². The van der Waals surface area contributed by atoms with Crippen molar-refractivity contribution in [2.45, 2.75) is 19.4 Å². The molecule has 1 aromatic rings. The zero-order chi connectivity index (χ0) is 15.2. The molecule has 1 aromatic heterocycles. The van der Waals surface area contributed by atoms with E-state index in [4.69, 9.17) is 0 Å². The van der Waals surface area contributed by atoms with E-state index in [-0.39, 0.29) is 21.7 Å². The summed E-state index contributed by atoms with van der Waals surface area (Å²) in [6.07, 6.45) is 8.94. The molecule has 5 heteroatoms. The van der Waals surface area contributed by atoms with Gasteiger partial charge >= 0.3 is 21.7 Å². The van der Waals surface area contributed by atoms with Crippen molar-refractivity contribution in [3.05, 3.63) is 46.8 Å². The molecule has 0 atom stereocenters. The molecule has 1 radical (unpaired) electrons. The Morgan fingerprint density at radius 1 is 1.14 bits per heavy atom. The van der Waals surface area contributed by atoms with Gasteiger partial charge in [-0.25, -0.2) is 0 Å². The van der Waals surface area contributed by atoms with Crippen molar-refractivity contribution in [3.8, 4) is 0 Å². The molecule has 21 heavy (non-hydrogen) atoms. The van der Waals surface area contributed by atoms with E-state index >= 15 is 0 Å². The summed E-state index contributed by atoms with van der Waals surface area (Å²) in [4.78, 5) is 6.63. The fraction of sp³-hybridized carbons (Fsp3) is 0.625. The third-order valence-electron chi connectivity index (χ3n) is 2.72. The van der Waals surface area contributed by atoms with Crippen LogP contribution in [0.15, 0.2) is 30.5 Å². The first-order valence-electron chi connectivity index (χ1n) is 7.03.